The second-order valence-corrected chi connectivity index (χ2v) is 5.03. The molecule has 0 radical (unpaired) electrons. The summed E-state index contributed by atoms with van der Waals surface area (Å²) in [6, 6.07) is 12.8. The number of ether oxygens (including phenoxy) is 1. The summed E-state index contributed by atoms with van der Waals surface area (Å²) in [4.78, 5) is 3.15. The molecule has 1 aromatic heterocycles. The lowest BCUT2D eigenvalue weighted by molar-refractivity contribution is 0.410. The quantitative estimate of drug-likeness (QED) is 0.740. The van der Waals surface area contributed by atoms with E-state index >= 15 is 0 Å². The summed E-state index contributed by atoms with van der Waals surface area (Å²) >= 11 is 0. The molecule has 1 unspecified atom stereocenters. The Morgan fingerprint density at radius 3 is 2.76 bits per heavy atom. The zero-order valence-electron chi connectivity index (χ0n) is 12.0. The Morgan fingerprint density at radius 1 is 1.14 bits per heavy atom. The van der Waals surface area contributed by atoms with Crippen LogP contribution in [0.4, 0.5) is 10.1 Å². The molecule has 3 rings (SSSR count). The Kier molecular flexibility index (Phi) is 3.52. The predicted octanol–water partition coefficient (Wildman–Crippen LogP) is 4.49. The van der Waals surface area contributed by atoms with Crippen molar-refractivity contribution in [3.63, 3.8) is 0 Å². The van der Waals surface area contributed by atoms with Gasteiger partial charge in [-0.1, -0.05) is 6.07 Å². The number of benzene rings is 2. The smallest absolute Gasteiger partial charge is 0.132 e. The van der Waals surface area contributed by atoms with E-state index in [0.717, 1.165) is 16.6 Å². The van der Waals surface area contributed by atoms with Gasteiger partial charge in [-0.3, -0.25) is 0 Å². The van der Waals surface area contributed by atoms with Crippen LogP contribution in [0.15, 0.2) is 48.7 Å². The summed E-state index contributed by atoms with van der Waals surface area (Å²) in [5, 5.41) is 4.45. The number of anilines is 1. The van der Waals surface area contributed by atoms with Gasteiger partial charge in [0.1, 0.15) is 11.6 Å². The highest BCUT2D eigenvalue weighted by molar-refractivity contribution is 5.83. The van der Waals surface area contributed by atoms with Crippen LogP contribution < -0.4 is 10.1 Å². The van der Waals surface area contributed by atoms with E-state index in [4.69, 9.17) is 4.74 Å². The molecule has 0 saturated carbocycles. The number of H-pyrrole nitrogens is 1. The molecule has 4 heteroatoms. The van der Waals surface area contributed by atoms with E-state index in [0.29, 0.717) is 11.3 Å². The molecule has 0 amide bonds. The predicted molar refractivity (Wildman–Crippen MR) is 83.3 cm³/mol. The third-order valence-electron chi connectivity index (χ3n) is 3.61. The van der Waals surface area contributed by atoms with Crippen molar-refractivity contribution in [2.45, 2.75) is 13.0 Å². The SMILES string of the molecule is COc1ccc(C(C)Nc2ccc3[nH]ccc3c2)c(F)c1. The number of nitrogens with one attached hydrogen (secondary N) is 2. The van der Waals surface area contributed by atoms with E-state index in [9.17, 15) is 4.39 Å². The van der Waals surface area contributed by atoms with Gasteiger partial charge < -0.3 is 15.0 Å². The molecule has 0 bridgehead atoms. The largest absolute Gasteiger partial charge is 0.497 e. The second-order valence-electron chi connectivity index (χ2n) is 5.03. The number of methoxy groups -OCH3 is 1. The van der Waals surface area contributed by atoms with E-state index in [2.05, 4.69) is 10.3 Å². The molecular formula is C17H17FN2O. The molecule has 0 aliphatic rings. The van der Waals surface area contributed by atoms with Crippen LogP contribution in [-0.2, 0) is 0 Å². The van der Waals surface area contributed by atoms with Crippen LogP contribution in [0.5, 0.6) is 5.75 Å². The number of aromatic amines is 1. The van der Waals surface area contributed by atoms with Gasteiger partial charge in [0.2, 0.25) is 0 Å². The van der Waals surface area contributed by atoms with Crippen molar-refractivity contribution < 1.29 is 9.13 Å². The number of hydrogen-bond acceptors (Lipinski definition) is 2. The van der Waals surface area contributed by atoms with Crippen LogP contribution in [-0.4, -0.2) is 12.1 Å². The van der Waals surface area contributed by atoms with Gasteiger partial charge >= 0.3 is 0 Å². The number of fused-ring (bicyclic) bond motifs is 1. The molecule has 0 aliphatic carbocycles. The van der Waals surface area contributed by atoms with Gasteiger partial charge in [0.15, 0.2) is 0 Å². The summed E-state index contributed by atoms with van der Waals surface area (Å²) in [5.74, 6) is 0.259. The fourth-order valence-electron chi connectivity index (χ4n) is 2.46. The normalized spacial score (nSPS) is 12.3. The maximum absolute atomic E-state index is 14.1. The summed E-state index contributed by atoms with van der Waals surface area (Å²) in [6.45, 7) is 1.94. The summed E-state index contributed by atoms with van der Waals surface area (Å²) in [7, 11) is 1.53. The van der Waals surface area contributed by atoms with E-state index in [1.807, 2.05) is 37.4 Å². The van der Waals surface area contributed by atoms with E-state index < -0.39 is 0 Å². The number of rotatable bonds is 4. The second kappa shape index (κ2) is 5.48. The molecular weight excluding hydrogens is 267 g/mol. The Balaban J connectivity index is 1.83. The monoisotopic (exact) mass is 284 g/mol. The Morgan fingerprint density at radius 2 is 2.00 bits per heavy atom. The molecule has 0 saturated heterocycles. The maximum Gasteiger partial charge on any atom is 0.132 e. The molecule has 21 heavy (non-hydrogen) atoms. The first-order valence-electron chi connectivity index (χ1n) is 6.84. The Bertz CT molecular complexity index is 766. The Hall–Kier alpha value is -2.49. The molecule has 0 fully saturated rings. The lowest BCUT2D eigenvalue weighted by Gasteiger charge is -2.17. The van der Waals surface area contributed by atoms with E-state index in [1.165, 1.54) is 13.2 Å². The van der Waals surface area contributed by atoms with Crippen LogP contribution >= 0.6 is 0 Å². The third-order valence-corrected chi connectivity index (χ3v) is 3.61. The van der Waals surface area contributed by atoms with Crippen molar-refractivity contribution >= 4 is 16.6 Å². The fourth-order valence-corrected chi connectivity index (χ4v) is 2.46. The van der Waals surface area contributed by atoms with Gasteiger partial charge in [0, 0.05) is 34.4 Å². The van der Waals surface area contributed by atoms with Crippen LogP contribution in [0.2, 0.25) is 0 Å². The van der Waals surface area contributed by atoms with Crippen molar-refractivity contribution in [2.24, 2.45) is 0 Å². The highest BCUT2D eigenvalue weighted by Crippen LogP contribution is 2.26. The molecule has 108 valence electrons. The van der Waals surface area contributed by atoms with E-state index in [-0.39, 0.29) is 11.9 Å². The zero-order valence-corrected chi connectivity index (χ0v) is 12.0. The van der Waals surface area contributed by atoms with Crippen LogP contribution in [0, 0.1) is 5.82 Å². The molecule has 0 spiro atoms. The zero-order chi connectivity index (χ0) is 14.8. The van der Waals surface area contributed by atoms with Crippen LogP contribution in [0.3, 0.4) is 0 Å². The van der Waals surface area contributed by atoms with Crippen molar-refractivity contribution in [1.29, 1.82) is 0 Å². The molecule has 1 heterocycles. The van der Waals surface area contributed by atoms with Gasteiger partial charge in [-0.15, -0.1) is 0 Å². The van der Waals surface area contributed by atoms with Crippen LogP contribution in [0.1, 0.15) is 18.5 Å². The number of hydrogen-bond donors (Lipinski definition) is 2. The lowest BCUT2D eigenvalue weighted by Crippen LogP contribution is -2.08. The molecule has 1 atom stereocenters. The molecule has 0 aliphatic heterocycles. The summed E-state index contributed by atoms with van der Waals surface area (Å²) in [6.07, 6.45) is 1.90. The van der Waals surface area contributed by atoms with Crippen molar-refractivity contribution in [2.75, 3.05) is 12.4 Å². The topological polar surface area (TPSA) is 37.0 Å². The van der Waals surface area contributed by atoms with Gasteiger partial charge in [0.05, 0.1) is 13.2 Å². The first-order valence-corrected chi connectivity index (χ1v) is 6.84. The van der Waals surface area contributed by atoms with Crippen LogP contribution in [0.25, 0.3) is 10.9 Å². The van der Waals surface area contributed by atoms with Gasteiger partial charge in [0.25, 0.3) is 0 Å². The average Bonchev–Trinajstić information content (AvgIpc) is 2.94. The lowest BCUT2D eigenvalue weighted by atomic mass is 10.1. The number of halogens is 1. The highest BCUT2D eigenvalue weighted by atomic mass is 19.1. The van der Waals surface area contributed by atoms with Crippen molar-refractivity contribution in [3.05, 3.63) is 60.0 Å². The summed E-state index contributed by atoms with van der Waals surface area (Å²) < 4.78 is 19.1. The minimum Gasteiger partial charge on any atom is -0.497 e. The fraction of sp³-hybridized carbons (Fsp3) is 0.176. The minimum absolute atomic E-state index is 0.132. The standard InChI is InChI=1S/C17H17FN2O/c1-11(15-5-4-14(21-2)10-16(15)18)20-13-3-6-17-12(9-13)7-8-19-17/h3-11,19-20H,1-2H3. The summed E-state index contributed by atoms with van der Waals surface area (Å²) in [5.41, 5.74) is 2.67. The average molecular weight is 284 g/mol. The van der Waals surface area contributed by atoms with Crippen molar-refractivity contribution in [1.82, 2.24) is 4.98 Å². The minimum atomic E-state index is -0.267. The first-order chi connectivity index (χ1) is 10.2. The molecule has 2 aromatic carbocycles. The van der Waals surface area contributed by atoms with Gasteiger partial charge in [-0.2, -0.15) is 0 Å². The molecule has 2 N–H and O–H groups in total. The van der Waals surface area contributed by atoms with Crippen molar-refractivity contribution in [3.8, 4) is 5.75 Å². The number of aromatic nitrogens is 1. The first kappa shape index (κ1) is 13.5. The van der Waals surface area contributed by atoms with Gasteiger partial charge in [-0.05, 0) is 37.3 Å². The third kappa shape index (κ3) is 2.70. The molecule has 3 aromatic rings. The van der Waals surface area contributed by atoms with Gasteiger partial charge in [-0.25, -0.2) is 4.39 Å². The maximum atomic E-state index is 14.1. The molecule has 3 nitrogen and oxygen atoms in total. The van der Waals surface area contributed by atoms with E-state index in [1.54, 1.807) is 12.1 Å². The Labute approximate surface area is 122 Å². The highest BCUT2D eigenvalue weighted by Gasteiger charge is 2.12.